The molecule has 0 nitrogen and oxygen atoms in total. The average Bonchev–Trinajstić information content (AvgIpc) is 2.23. The Labute approximate surface area is 104 Å². The molecule has 0 amide bonds. The Morgan fingerprint density at radius 1 is 0.857 bits per heavy atom. The van der Waals surface area contributed by atoms with Gasteiger partial charge in [0.25, 0.3) is 0 Å². The molecule has 0 N–H and O–H groups in total. The Bertz CT molecular complexity index is 220. The van der Waals surface area contributed by atoms with Gasteiger partial charge in [-0.05, 0) is 0 Å². The van der Waals surface area contributed by atoms with Crippen LogP contribution in [0.15, 0.2) is 0 Å². The Kier molecular flexibility index (Phi) is 6.90. The molecule has 0 atom stereocenters. The average molecular weight is 338 g/mol. The maximum atomic E-state index is 4.98. The van der Waals surface area contributed by atoms with E-state index in [1.54, 1.807) is 0 Å². The molecule has 0 unspecified atom stereocenters. The summed E-state index contributed by atoms with van der Waals surface area (Å²) >= 11 is -1.94. The fraction of sp³-hybridized carbons (Fsp3) is 0.500. The van der Waals surface area contributed by atoms with Gasteiger partial charge in [-0.25, -0.2) is 0 Å². The van der Waals surface area contributed by atoms with Gasteiger partial charge in [0.15, 0.2) is 0 Å². The van der Waals surface area contributed by atoms with Gasteiger partial charge in [-0.1, -0.05) is 34.6 Å². The van der Waals surface area contributed by atoms with Gasteiger partial charge in [-0.2, -0.15) is 27.8 Å². The molecule has 0 aliphatic carbocycles. The van der Waals surface area contributed by atoms with Gasteiger partial charge in [0.1, 0.15) is 0 Å². The molecule has 0 spiro atoms. The number of hydrogen-bond acceptors (Lipinski definition) is 0. The van der Waals surface area contributed by atoms with Crippen molar-refractivity contribution in [2.24, 2.45) is 0 Å². The number of halogens is 3. The van der Waals surface area contributed by atoms with Crippen molar-refractivity contribution in [3.63, 3.8) is 0 Å². The van der Waals surface area contributed by atoms with Crippen LogP contribution in [0.5, 0.6) is 0 Å². The summed E-state index contributed by atoms with van der Waals surface area (Å²) in [6.45, 7) is 11.0. The molecule has 1 rings (SSSR count). The van der Waals surface area contributed by atoms with E-state index in [-0.39, 0.29) is 0 Å². The molecular formula is C10H15Cl3Mo-. The fourth-order valence-electron chi connectivity index (χ4n) is 1.41. The molecule has 0 saturated carbocycles. The zero-order valence-electron chi connectivity index (χ0n) is 9.04. The minimum atomic E-state index is -1.94. The van der Waals surface area contributed by atoms with Crippen molar-refractivity contribution in [2.75, 3.05) is 0 Å². The standard InChI is InChI=1S/C10H15.3ClH.Mo/c1-6-7(2)9(4)10(5)8(6)3;;;;/h1-5H3;3*1H;/q-1;;;;+3/p-3. The van der Waals surface area contributed by atoms with Gasteiger partial charge in [-0.3, -0.25) is 0 Å². The summed E-state index contributed by atoms with van der Waals surface area (Å²) in [7, 11) is 14.9. The Balaban J connectivity index is 0.000000364. The summed E-state index contributed by atoms with van der Waals surface area (Å²) < 4.78 is 0. The molecule has 0 saturated heterocycles. The van der Waals surface area contributed by atoms with E-state index >= 15 is 0 Å². The van der Waals surface area contributed by atoms with Crippen LogP contribution >= 0.6 is 28.3 Å². The van der Waals surface area contributed by atoms with Gasteiger partial charge in [-0.15, -0.1) is 0 Å². The molecule has 0 heterocycles. The first-order valence-electron chi connectivity index (χ1n) is 4.21. The topological polar surface area (TPSA) is 0 Å². The first-order chi connectivity index (χ1) is 6.29. The summed E-state index contributed by atoms with van der Waals surface area (Å²) in [5, 5.41) is 0. The molecule has 14 heavy (non-hydrogen) atoms. The second-order valence-corrected chi connectivity index (χ2v) is 12.4. The Morgan fingerprint density at radius 2 is 1.07 bits per heavy atom. The van der Waals surface area contributed by atoms with E-state index < -0.39 is 14.2 Å². The summed E-state index contributed by atoms with van der Waals surface area (Å²) in [6.07, 6.45) is 0. The third-order valence-electron chi connectivity index (χ3n) is 2.81. The van der Waals surface area contributed by atoms with Crippen LogP contribution in [0.1, 0.15) is 27.8 Å². The summed E-state index contributed by atoms with van der Waals surface area (Å²) in [5.41, 5.74) is 7.34. The molecule has 1 aromatic rings. The van der Waals surface area contributed by atoms with Crippen LogP contribution in [0.2, 0.25) is 0 Å². The maximum absolute atomic E-state index is 4.98. The predicted molar refractivity (Wildman–Crippen MR) is 63.3 cm³/mol. The predicted octanol–water partition coefficient (Wildman–Crippen LogP) is 5.01. The van der Waals surface area contributed by atoms with Crippen molar-refractivity contribution in [1.29, 1.82) is 0 Å². The molecule has 0 fully saturated rings. The molecule has 0 aliphatic rings. The van der Waals surface area contributed by atoms with E-state index in [1.807, 2.05) is 0 Å². The van der Waals surface area contributed by atoms with Crippen molar-refractivity contribution >= 4 is 28.3 Å². The van der Waals surface area contributed by atoms with Crippen molar-refractivity contribution in [2.45, 2.75) is 34.6 Å². The van der Waals surface area contributed by atoms with Crippen molar-refractivity contribution in [3.05, 3.63) is 27.8 Å². The van der Waals surface area contributed by atoms with Crippen LogP contribution in [-0.4, -0.2) is 0 Å². The Hall–Kier alpha value is 0.908. The van der Waals surface area contributed by atoms with E-state index in [1.165, 1.54) is 27.8 Å². The molecular weight excluding hydrogens is 322 g/mol. The van der Waals surface area contributed by atoms with Crippen LogP contribution in [0.25, 0.3) is 0 Å². The summed E-state index contributed by atoms with van der Waals surface area (Å²) in [4.78, 5) is 0. The monoisotopic (exact) mass is 338 g/mol. The van der Waals surface area contributed by atoms with Gasteiger partial charge in [0, 0.05) is 0 Å². The zero-order chi connectivity index (χ0) is 11.5. The first-order valence-corrected chi connectivity index (χ1v) is 12.0. The van der Waals surface area contributed by atoms with Crippen molar-refractivity contribution < 1.29 is 14.2 Å². The minimum absolute atomic E-state index is 1.47. The van der Waals surface area contributed by atoms with Crippen molar-refractivity contribution in [3.8, 4) is 0 Å². The second-order valence-electron chi connectivity index (χ2n) is 3.30. The molecule has 1 aromatic carbocycles. The summed E-state index contributed by atoms with van der Waals surface area (Å²) in [6, 6.07) is 0. The third-order valence-corrected chi connectivity index (χ3v) is 2.81. The molecule has 0 bridgehead atoms. The van der Waals surface area contributed by atoms with Crippen LogP contribution in [0.3, 0.4) is 0 Å². The van der Waals surface area contributed by atoms with Crippen LogP contribution in [0.4, 0.5) is 0 Å². The van der Waals surface area contributed by atoms with Gasteiger partial charge < -0.3 is 0 Å². The SMILES string of the molecule is Cc1c(C)c(C)[c-](C)c1C.[Cl][Mo]([Cl])[Cl]. The van der Waals surface area contributed by atoms with Gasteiger partial charge in [0.05, 0.1) is 0 Å². The Morgan fingerprint density at radius 3 is 1.14 bits per heavy atom. The molecule has 0 aliphatic heterocycles. The van der Waals surface area contributed by atoms with E-state index in [4.69, 9.17) is 28.3 Å². The van der Waals surface area contributed by atoms with Crippen LogP contribution < -0.4 is 0 Å². The van der Waals surface area contributed by atoms with Crippen LogP contribution in [-0.2, 0) is 14.2 Å². The van der Waals surface area contributed by atoms with Crippen molar-refractivity contribution in [1.82, 2.24) is 0 Å². The first kappa shape index (κ1) is 14.9. The van der Waals surface area contributed by atoms with Gasteiger partial charge >= 0.3 is 42.4 Å². The molecule has 83 valence electrons. The number of hydrogen-bond donors (Lipinski definition) is 0. The summed E-state index contributed by atoms with van der Waals surface area (Å²) in [5.74, 6) is 0. The van der Waals surface area contributed by atoms with E-state index in [0.717, 1.165) is 0 Å². The number of rotatable bonds is 0. The zero-order valence-corrected chi connectivity index (χ0v) is 13.3. The van der Waals surface area contributed by atoms with Gasteiger partial charge in [0.2, 0.25) is 0 Å². The van der Waals surface area contributed by atoms with E-state index in [0.29, 0.717) is 0 Å². The fourth-order valence-corrected chi connectivity index (χ4v) is 1.41. The van der Waals surface area contributed by atoms with E-state index in [2.05, 4.69) is 34.6 Å². The van der Waals surface area contributed by atoms with E-state index in [9.17, 15) is 0 Å². The molecule has 0 aromatic heterocycles. The quantitative estimate of drug-likeness (QED) is 0.461. The third kappa shape index (κ3) is 4.19. The normalized spacial score (nSPS) is 10.1. The molecule has 4 heteroatoms. The van der Waals surface area contributed by atoms with Crippen LogP contribution in [0, 0.1) is 34.6 Å². The second kappa shape index (κ2) is 6.48. The molecule has 0 radical (unpaired) electrons.